The lowest BCUT2D eigenvalue weighted by molar-refractivity contribution is 0.0259. The molecule has 8 nitrogen and oxygen atoms in total. The van der Waals surface area contributed by atoms with E-state index in [0.717, 1.165) is 48.6 Å². The van der Waals surface area contributed by atoms with Gasteiger partial charge in [-0.25, -0.2) is 9.97 Å². The first kappa shape index (κ1) is 21.3. The van der Waals surface area contributed by atoms with Crippen molar-refractivity contribution in [1.82, 2.24) is 9.97 Å². The molecule has 0 bridgehead atoms. The van der Waals surface area contributed by atoms with E-state index < -0.39 is 0 Å². The van der Waals surface area contributed by atoms with Crippen LogP contribution in [-0.4, -0.2) is 35.5 Å². The molecule has 164 valence electrons. The average molecular weight is 431 g/mol. The van der Waals surface area contributed by atoms with Gasteiger partial charge in [0.05, 0.1) is 24.6 Å². The lowest BCUT2D eigenvalue weighted by Gasteiger charge is -2.24. The molecule has 1 fully saturated rings. The number of nitrogens with zero attached hydrogens (tertiary/aromatic N) is 2. The quantitative estimate of drug-likeness (QED) is 0.329. The van der Waals surface area contributed by atoms with Crippen LogP contribution in [0, 0.1) is 5.41 Å². The molecule has 6 N–H and O–H groups in total. The topological polar surface area (TPSA) is 132 Å². The average Bonchev–Trinajstić information content (AvgIpc) is 2.83. The Kier molecular flexibility index (Phi) is 6.62. The van der Waals surface area contributed by atoms with Gasteiger partial charge in [0, 0.05) is 48.3 Å². The Morgan fingerprint density at radius 3 is 2.59 bits per heavy atom. The Morgan fingerprint density at radius 2 is 1.91 bits per heavy atom. The van der Waals surface area contributed by atoms with Crippen molar-refractivity contribution in [3.05, 3.63) is 66.5 Å². The van der Waals surface area contributed by atoms with Gasteiger partial charge in [-0.2, -0.15) is 0 Å². The van der Waals surface area contributed by atoms with E-state index in [2.05, 4.69) is 15.3 Å². The lowest BCUT2D eigenvalue weighted by atomic mass is 10.1. The molecule has 32 heavy (non-hydrogen) atoms. The van der Waals surface area contributed by atoms with Crippen LogP contribution in [0.4, 0.5) is 17.3 Å². The van der Waals surface area contributed by atoms with Crippen molar-refractivity contribution < 1.29 is 9.47 Å². The Labute approximate surface area is 186 Å². The Hall–Kier alpha value is -3.91. The first-order chi connectivity index (χ1) is 15.7. The van der Waals surface area contributed by atoms with Gasteiger partial charge in [-0.15, -0.1) is 0 Å². The summed E-state index contributed by atoms with van der Waals surface area (Å²) in [5.74, 6) is 1.15. The number of ether oxygens (including phenoxy) is 2. The van der Waals surface area contributed by atoms with Gasteiger partial charge in [-0.1, -0.05) is 12.1 Å². The number of nitrogen functional groups attached to an aromatic ring is 1. The van der Waals surface area contributed by atoms with Gasteiger partial charge in [0.1, 0.15) is 11.9 Å². The normalized spacial score (nSPS) is 14.7. The van der Waals surface area contributed by atoms with Crippen LogP contribution >= 0.6 is 0 Å². The summed E-state index contributed by atoms with van der Waals surface area (Å²) in [6.07, 6.45) is 6.21. The molecule has 4 rings (SSSR count). The zero-order valence-corrected chi connectivity index (χ0v) is 17.6. The van der Waals surface area contributed by atoms with Gasteiger partial charge in [0.25, 0.3) is 0 Å². The van der Waals surface area contributed by atoms with E-state index in [9.17, 15) is 0 Å². The highest BCUT2D eigenvalue weighted by molar-refractivity contribution is 6.08. The van der Waals surface area contributed by atoms with Crippen LogP contribution in [0.15, 0.2) is 60.9 Å². The number of nitrogens with two attached hydrogens (primary N) is 2. The second-order valence-electron chi connectivity index (χ2n) is 7.42. The summed E-state index contributed by atoms with van der Waals surface area (Å²) >= 11 is 0. The molecular formula is C24H26N6O2. The minimum atomic E-state index is 0.133. The molecule has 8 heteroatoms. The smallest absolute Gasteiger partial charge is 0.227 e. The predicted octanol–water partition coefficient (Wildman–Crippen LogP) is 3.98. The number of hydrogen-bond acceptors (Lipinski definition) is 8. The molecule has 0 atom stereocenters. The third-order valence-corrected chi connectivity index (χ3v) is 5.23. The standard InChI is InChI=1S/C24H26N6O2/c25-14-18(15-26)16-1-4-19(5-2-16)29-24-28-10-7-22(30-24)17-3-6-23(21(27)13-17)32-20-8-11-31-12-9-20/h1-7,10,13-15,20,25H,8-9,11-12,26-27H2,(H,28,29,30)/b18-15+,25-14?. The van der Waals surface area contributed by atoms with E-state index in [1.807, 2.05) is 48.5 Å². The van der Waals surface area contributed by atoms with Crippen LogP contribution in [0.5, 0.6) is 5.75 Å². The lowest BCUT2D eigenvalue weighted by Crippen LogP contribution is -2.26. The minimum absolute atomic E-state index is 0.133. The molecule has 2 heterocycles. The number of benzene rings is 2. The largest absolute Gasteiger partial charge is 0.488 e. The monoisotopic (exact) mass is 430 g/mol. The first-order valence-corrected chi connectivity index (χ1v) is 10.4. The highest BCUT2D eigenvalue weighted by Gasteiger charge is 2.17. The van der Waals surface area contributed by atoms with E-state index in [1.165, 1.54) is 12.4 Å². The third kappa shape index (κ3) is 5.04. The van der Waals surface area contributed by atoms with E-state index >= 15 is 0 Å². The number of hydrogen-bond donors (Lipinski definition) is 4. The molecule has 1 saturated heterocycles. The molecule has 1 aliphatic heterocycles. The number of anilines is 3. The van der Waals surface area contributed by atoms with Crippen LogP contribution in [0.1, 0.15) is 18.4 Å². The third-order valence-electron chi connectivity index (χ3n) is 5.23. The van der Waals surface area contributed by atoms with E-state index in [1.54, 1.807) is 6.20 Å². The molecule has 1 aromatic heterocycles. The maximum absolute atomic E-state index is 7.40. The fourth-order valence-electron chi connectivity index (χ4n) is 3.47. The molecule has 2 aromatic carbocycles. The zero-order valence-electron chi connectivity index (χ0n) is 17.6. The van der Waals surface area contributed by atoms with Crippen molar-refractivity contribution in [3.63, 3.8) is 0 Å². The molecule has 0 amide bonds. The van der Waals surface area contributed by atoms with Crippen LogP contribution < -0.4 is 21.5 Å². The van der Waals surface area contributed by atoms with Crippen LogP contribution in [0.25, 0.3) is 16.8 Å². The van der Waals surface area contributed by atoms with E-state index in [-0.39, 0.29) is 6.10 Å². The Bertz CT molecular complexity index is 1110. The summed E-state index contributed by atoms with van der Waals surface area (Å²) in [5.41, 5.74) is 16.3. The van der Waals surface area contributed by atoms with Crippen LogP contribution in [0.2, 0.25) is 0 Å². The summed E-state index contributed by atoms with van der Waals surface area (Å²) in [6, 6.07) is 15.1. The van der Waals surface area contributed by atoms with Gasteiger partial charge in [0.2, 0.25) is 5.95 Å². The fourth-order valence-corrected chi connectivity index (χ4v) is 3.47. The summed E-state index contributed by atoms with van der Waals surface area (Å²) in [5, 5.41) is 10.6. The van der Waals surface area contributed by atoms with E-state index in [0.29, 0.717) is 23.0 Å². The fraction of sp³-hybridized carbons (Fsp3) is 0.208. The molecule has 0 radical (unpaired) electrons. The Morgan fingerprint density at radius 1 is 1.12 bits per heavy atom. The van der Waals surface area contributed by atoms with Crippen molar-refractivity contribution in [1.29, 1.82) is 5.41 Å². The van der Waals surface area contributed by atoms with Crippen molar-refractivity contribution in [2.24, 2.45) is 5.73 Å². The molecule has 0 aliphatic carbocycles. The number of nitrogens with one attached hydrogen (secondary N) is 2. The summed E-state index contributed by atoms with van der Waals surface area (Å²) in [6.45, 7) is 1.44. The van der Waals surface area contributed by atoms with Gasteiger partial charge >= 0.3 is 0 Å². The predicted molar refractivity (Wildman–Crippen MR) is 127 cm³/mol. The molecule has 0 unspecified atom stereocenters. The van der Waals surface area contributed by atoms with Crippen molar-refractivity contribution in [2.75, 3.05) is 24.3 Å². The summed E-state index contributed by atoms with van der Waals surface area (Å²) in [4.78, 5) is 8.92. The van der Waals surface area contributed by atoms with Crippen molar-refractivity contribution in [3.8, 4) is 17.0 Å². The molecule has 0 saturated carbocycles. The maximum atomic E-state index is 7.40. The Balaban J connectivity index is 1.48. The number of aromatic nitrogens is 2. The SMILES string of the molecule is N=C/C(=C\N)c1ccc(Nc2nccc(-c3ccc(OC4CCOCC4)c(N)c3)n2)cc1. The first-order valence-electron chi connectivity index (χ1n) is 10.4. The zero-order chi connectivity index (χ0) is 22.3. The molecular weight excluding hydrogens is 404 g/mol. The highest BCUT2D eigenvalue weighted by Crippen LogP contribution is 2.30. The van der Waals surface area contributed by atoms with Crippen molar-refractivity contribution in [2.45, 2.75) is 18.9 Å². The minimum Gasteiger partial charge on any atom is -0.488 e. The van der Waals surface area contributed by atoms with Crippen LogP contribution in [-0.2, 0) is 4.74 Å². The van der Waals surface area contributed by atoms with Gasteiger partial charge in [-0.05, 0) is 42.0 Å². The van der Waals surface area contributed by atoms with E-state index in [4.69, 9.17) is 26.4 Å². The second kappa shape index (κ2) is 9.93. The summed E-state index contributed by atoms with van der Waals surface area (Å²) in [7, 11) is 0. The molecule has 1 aliphatic rings. The van der Waals surface area contributed by atoms with Gasteiger partial charge in [0.15, 0.2) is 0 Å². The highest BCUT2D eigenvalue weighted by atomic mass is 16.5. The molecule has 0 spiro atoms. The van der Waals surface area contributed by atoms with Crippen LogP contribution in [0.3, 0.4) is 0 Å². The maximum Gasteiger partial charge on any atom is 0.227 e. The number of rotatable bonds is 7. The second-order valence-corrected chi connectivity index (χ2v) is 7.42. The summed E-state index contributed by atoms with van der Waals surface area (Å²) < 4.78 is 11.4. The number of allylic oxidation sites excluding steroid dienone is 1. The molecule has 3 aromatic rings. The van der Waals surface area contributed by atoms with Crippen molar-refractivity contribution >= 4 is 29.1 Å². The van der Waals surface area contributed by atoms with Gasteiger partial charge < -0.3 is 31.7 Å². The van der Waals surface area contributed by atoms with Gasteiger partial charge in [-0.3, -0.25) is 0 Å².